The topological polar surface area (TPSA) is 99.3 Å². The van der Waals surface area contributed by atoms with E-state index in [1.807, 2.05) is 0 Å². The van der Waals surface area contributed by atoms with Crippen molar-refractivity contribution in [3.05, 3.63) is 45.2 Å². The maximum atomic E-state index is 12.3. The summed E-state index contributed by atoms with van der Waals surface area (Å²) in [6, 6.07) is 3.69. The van der Waals surface area contributed by atoms with Crippen molar-refractivity contribution in [1.29, 1.82) is 0 Å². The van der Waals surface area contributed by atoms with Crippen LogP contribution in [0.4, 0.5) is 11.4 Å². The van der Waals surface area contributed by atoms with Gasteiger partial charge in [-0.15, -0.1) is 0 Å². The van der Waals surface area contributed by atoms with E-state index in [0.29, 0.717) is 12.4 Å². The molecule has 2 aromatic rings. The van der Waals surface area contributed by atoms with Gasteiger partial charge in [-0.3, -0.25) is 19.6 Å². The Morgan fingerprint density at radius 1 is 1.57 bits per heavy atom. The molecule has 122 valence electrons. The smallest absolute Gasteiger partial charge is 0.296 e. The number of amides is 1. The van der Waals surface area contributed by atoms with Crippen LogP contribution in [0.15, 0.2) is 35.1 Å². The van der Waals surface area contributed by atoms with Crippen LogP contribution in [0.5, 0.6) is 5.75 Å². The van der Waals surface area contributed by atoms with Crippen LogP contribution in [0, 0.1) is 10.1 Å². The highest BCUT2D eigenvalue weighted by atomic mass is 79.9. The second kappa shape index (κ2) is 7.23. The number of nitro groups is 1. The molecule has 0 aliphatic rings. The fraction of sp³-hybridized carbons (Fsp3) is 0.286. The van der Waals surface area contributed by atoms with Gasteiger partial charge in [-0.2, -0.15) is 5.10 Å². The highest BCUT2D eigenvalue weighted by molar-refractivity contribution is 9.10. The first kappa shape index (κ1) is 16.9. The maximum absolute atomic E-state index is 12.3. The lowest BCUT2D eigenvalue weighted by molar-refractivity contribution is -0.384. The molecule has 1 aromatic carbocycles. The first-order valence-electron chi connectivity index (χ1n) is 6.84. The van der Waals surface area contributed by atoms with Crippen molar-refractivity contribution in [3.63, 3.8) is 0 Å². The van der Waals surface area contributed by atoms with Gasteiger partial charge in [-0.25, -0.2) is 0 Å². The SMILES string of the molecule is CCOc1ccc(NC(=O)C(C)n2cc(Br)cn2)c([N+](=O)[O-])c1. The normalized spacial score (nSPS) is 11.8. The van der Waals surface area contributed by atoms with E-state index in [9.17, 15) is 14.9 Å². The van der Waals surface area contributed by atoms with E-state index >= 15 is 0 Å². The number of anilines is 1. The predicted octanol–water partition coefficient (Wildman–Crippen LogP) is 3.15. The number of nitrogens with one attached hydrogen (secondary N) is 1. The van der Waals surface area contributed by atoms with E-state index in [0.717, 1.165) is 4.47 Å². The summed E-state index contributed by atoms with van der Waals surface area (Å²) >= 11 is 3.25. The number of carbonyl (C=O) groups is 1. The number of carbonyl (C=O) groups excluding carboxylic acids is 1. The molecule has 1 heterocycles. The molecule has 1 aromatic heterocycles. The second-order valence-electron chi connectivity index (χ2n) is 4.67. The monoisotopic (exact) mass is 382 g/mol. The van der Waals surface area contributed by atoms with Gasteiger partial charge in [-0.05, 0) is 41.9 Å². The molecule has 9 heteroatoms. The van der Waals surface area contributed by atoms with Gasteiger partial charge in [0.15, 0.2) is 0 Å². The number of aromatic nitrogens is 2. The number of benzene rings is 1. The summed E-state index contributed by atoms with van der Waals surface area (Å²) in [5.74, 6) is -0.0332. The molecule has 23 heavy (non-hydrogen) atoms. The molecule has 1 unspecified atom stereocenters. The van der Waals surface area contributed by atoms with E-state index in [1.165, 1.54) is 16.8 Å². The minimum atomic E-state index is -0.618. The number of hydrogen-bond acceptors (Lipinski definition) is 5. The quantitative estimate of drug-likeness (QED) is 0.610. The highest BCUT2D eigenvalue weighted by Crippen LogP contribution is 2.29. The fourth-order valence-corrected chi connectivity index (χ4v) is 2.21. The van der Waals surface area contributed by atoms with Crippen molar-refractivity contribution in [2.45, 2.75) is 19.9 Å². The van der Waals surface area contributed by atoms with Gasteiger partial charge in [0.05, 0.1) is 28.3 Å². The van der Waals surface area contributed by atoms with Gasteiger partial charge in [0.25, 0.3) is 5.69 Å². The lowest BCUT2D eigenvalue weighted by Crippen LogP contribution is -2.24. The summed E-state index contributed by atoms with van der Waals surface area (Å²) in [6.07, 6.45) is 3.21. The van der Waals surface area contributed by atoms with Gasteiger partial charge in [0.1, 0.15) is 17.5 Å². The lowest BCUT2D eigenvalue weighted by Gasteiger charge is -2.13. The van der Waals surface area contributed by atoms with Crippen molar-refractivity contribution >= 4 is 33.2 Å². The Kier molecular flexibility index (Phi) is 5.32. The fourth-order valence-electron chi connectivity index (χ4n) is 1.91. The van der Waals surface area contributed by atoms with Crippen LogP contribution in [-0.2, 0) is 4.79 Å². The summed E-state index contributed by atoms with van der Waals surface area (Å²) in [5, 5.41) is 17.8. The molecule has 1 atom stereocenters. The van der Waals surface area contributed by atoms with Crippen LogP contribution >= 0.6 is 15.9 Å². The number of nitrogens with zero attached hydrogens (tertiary/aromatic N) is 3. The van der Waals surface area contributed by atoms with E-state index in [1.54, 1.807) is 32.3 Å². The van der Waals surface area contributed by atoms with Crippen molar-refractivity contribution in [1.82, 2.24) is 9.78 Å². The molecule has 0 aliphatic carbocycles. The molecule has 0 saturated heterocycles. The summed E-state index contributed by atoms with van der Waals surface area (Å²) in [5.41, 5.74) is -0.111. The lowest BCUT2D eigenvalue weighted by atomic mass is 10.2. The van der Waals surface area contributed by atoms with E-state index < -0.39 is 16.9 Å². The van der Waals surface area contributed by atoms with Crippen molar-refractivity contribution < 1.29 is 14.5 Å². The third kappa shape index (κ3) is 4.07. The van der Waals surface area contributed by atoms with E-state index in [-0.39, 0.29) is 11.4 Å². The standard InChI is InChI=1S/C14H15BrN4O4/c1-3-23-11-4-5-12(13(6-11)19(21)22)17-14(20)9(2)18-8-10(15)7-16-18/h4-9H,3H2,1-2H3,(H,17,20). The molecule has 0 spiro atoms. The Morgan fingerprint density at radius 3 is 2.87 bits per heavy atom. The zero-order valence-corrected chi connectivity index (χ0v) is 14.1. The highest BCUT2D eigenvalue weighted by Gasteiger charge is 2.21. The minimum absolute atomic E-state index is 0.113. The van der Waals surface area contributed by atoms with Gasteiger partial charge in [-0.1, -0.05) is 0 Å². The summed E-state index contributed by atoms with van der Waals surface area (Å²) in [6.45, 7) is 3.83. The average Bonchev–Trinajstić information content (AvgIpc) is 2.94. The molecule has 2 rings (SSSR count). The van der Waals surface area contributed by atoms with Crippen LogP contribution in [0.25, 0.3) is 0 Å². The minimum Gasteiger partial charge on any atom is -0.494 e. The van der Waals surface area contributed by atoms with Gasteiger partial charge in [0.2, 0.25) is 5.91 Å². The van der Waals surface area contributed by atoms with Gasteiger partial charge >= 0.3 is 0 Å². The number of hydrogen-bond donors (Lipinski definition) is 1. The Balaban J connectivity index is 2.21. The molecule has 8 nitrogen and oxygen atoms in total. The summed E-state index contributed by atoms with van der Waals surface area (Å²) in [4.78, 5) is 22.9. The van der Waals surface area contributed by atoms with Crippen LogP contribution in [0.1, 0.15) is 19.9 Å². The number of nitro benzene ring substituents is 1. The van der Waals surface area contributed by atoms with Crippen molar-refractivity contribution in [2.24, 2.45) is 0 Å². The van der Waals surface area contributed by atoms with Crippen LogP contribution in [-0.4, -0.2) is 27.2 Å². The number of rotatable bonds is 6. The van der Waals surface area contributed by atoms with Gasteiger partial charge < -0.3 is 10.1 Å². The van der Waals surface area contributed by atoms with Crippen LogP contribution < -0.4 is 10.1 Å². The molecule has 0 fully saturated rings. The van der Waals surface area contributed by atoms with E-state index in [4.69, 9.17) is 4.74 Å². The first-order chi connectivity index (χ1) is 10.9. The zero-order valence-electron chi connectivity index (χ0n) is 12.5. The third-order valence-corrected chi connectivity index (χ3v) is 3.49. The average molecular weight is 383 g/mol. The molecular formula is C14H15BrN4O4. The largest absolute Gasteiger partial charge is 0.494 e. The molecule has 0 radical (unpaired) electrons. The number of ether oxygens (including phenoxy) is 1. The number of halogens is 1. The zero-order chi connectivity index (χ0) is 17.0. The Hall–Kier alpha value is -2.42. The maximum Gasteiger partial charge on any atom is 0.296 e. The van der Waals surface area contributed by atoms with E-state index in [2.05, 4.69) is 26.3 Å². The molecule has 0 bridgehead atoms. The Morgan fingerprint density at radius 2 is 2.30 bits per heavy atom. The second-order valence-corrected chi connectivity index (χ2v) is 5.59. The molecular weight excluding hydrogens is 368 g/mol. The van der Waals surface area contributed by atoms with Crippen molar-refractivity contribution in [2.75, 3.05) is 11.9 Å². The first-order valence-corrected chi connectivity index (χ1v) is 7.63. The third-order valence-electron chi connectivity index (χ3n) is 3.08. The van der Waals surface area contributed by atoms with Crippen LogP contribution in [0.2, 0.25) is 0 Å². The molecule has 1 amide bonds. The summed E-state index contributed by atoms with van der Waals surface area (Å²) < 4.78 is 7.44. The molecule has 1 N–H and O–H groups in total. The van der Waals surface area contributed by atoms with Gasteiger partial charge in [0, 0.05) is 6.20 Å². The Bertz CT molecular complexity index is 731. The Labute approximate surface area is 140 Å². The summed E-state index contributed by atoms with van der Waals surface area (Å²) in [7, 11) is 0. The molecule has 0 saturated carbocycles. The molecule has 0 aliphatic heterocycles. The van der Waals surface area contributed by atoms with Crippen molar-refractivity contribution in [3.8, 4) is 5.75 Å². The van der Waals surface area contributed by atoms with Crippen LogP contribution in [0.3, 0.4) is 0 Å². The predicted molar refractivity (Wildman–Crippen MR) is 87.5 cm³/mol.